The second kappa shape index (κ2) is 13.0. The average molecular weight is 514 g/mol. The van der Waals surface area contributed by atoms with Crippen molar-refractivity contribution in [1.82, 2.24) is 4.90 Å². The van der Waals surface area contributed by atoms with E-state index < -0.39 is 0 Å². The van der Waals surface area contributed by atoms with Crippen molar-refractivity contribution in [1.29, 1.82) is 0 Å². The molecule has 3 fully saturated rings. The van der Waals surface area contributed by atoms with Gasteiger partial charge in [-0.3, -0.25) is 14.5 Å². The fourth-order valence-electron chi connectivity index (χ4n) is 4.29. The second-order valence-corrected chi connectivity index (χ2v) is 13.2. The van der Waals surface area contributed by atoms with Crippen LogP contribution >= 0.6 is 72.3 Å². The third kappa shape index (κ3) is 6.38. The highest BCUT2D eigenvalue weighted by atomic mass is 32.2. The van der Waals surface area contributed by atoms with E-state index in [1.165, 1.54) is 0 Å². The molecule has 5 atom stereocenters. The van der Waals surface area contributed by atoms with Crippen molar-refractivity contribution in [3.63, 3.8) is 0 Å². The van der Waals surface area contributed by atoms with Gasteiger partial charge >= 0.3 is 0 Å². The fourth-order valence-corrected chi connectivity index (χ4v) is 9.11. The van der Waals surface area contributed by atoms with Gasteiger partial charge in [-0.15, -0.1) is 0 Å². The summed E-state index contributed by atoms with van der Waals surface area (Å²) in [6.07, 6.45) is 1.69. The molecule has 3 heterocycles. The molecule has 2 bridgehead atoms. The van der Waals surface area contributed by atoms with Gasteiger partial charge in [-0.2, -0.15) is 72.3 Å². The number of ether oxygens (including phenoxy) is 1. The van der Waals surface area contributed by atoms with E-state index in [1.54, 1.807) is 4.90 Å². The number of carbonyl (C=O) groups excluding carboxylic acids is 2. The largest absolute Gasteiger partial charge is 0.372 e. The number of hydrogen-bond acceptors (Lipinski definition) is 9. The summed E-state index contributed by atoms with van der Waals surface area (Å²) >= 11 is 16.1. The molecule has 0 saturated carbocycles. The van der Waals surface area contributed by atoms with Crippen LogP contribution in [0.5, 0.6) is 0 Å². The Morgan fingerprint density at radius 2 is 1.48 bits per heavy atom. The SMILES string of the molecule is O=C1C2C3CC(SCCSCCS)C(O3)C2C(=O)N1CCCSCCSCCS. The number of hydrogen-bond donors (Lipinski definition) is 2. The molecule has 166 valence electrons. The molecule has 3 aliphatic heterocycles. The first-order valence-electron chi connectivity index (χ1n) is 10.3. The zero-order valence-corrected chi connectivity index (χ0v) is 21.6. The molecule has 0 spiro atoms. The second-order valence-electron chi connectivity index (χ2n) is 7.30. The van der Waals surface area contributed by atoms with Gasteiger partial charge < -0.3 is 4.74 Å². The minimum atomic E-state index is -0.228. The Morgan fingerprint density at radius 3 is 2.17 bits per heavy atom. The van der Waals surface area contributed by atoms with Crippen LogP contribution in [0.25, 0.3) is 0 Å². The Bertz CT molecular complexity index is 554. The smallest absolute Gasteiger partial charge is 0.235 e. The van der Waals surface area contributed by atoms with Crippen molar-refractivity contribution in [2.75, 3.05) is 58.3 Å². The summed E-state index contributed by atoms with van der Waals surface area (Å²) in [5, 5.41) is 0.361. The minimum Gasteiger partial charge on any atom is -0.372 e. The molecule has 3 aliphatic rings. The zero-order chi connectivity index (χ0) is 20.6. The van der Waals surface area contributed by atoms with Crippen molar-refractivity contribution < 1.29 is 14.3 Å². The van der Waals surface area contributed by atoms with E-state index >= 15 is 0 Å². The van der Waals surface area contributed by atoms with Crippen molar-refractivity contribution in [3.8, 4) is 0 Å². The number of amides is 2. The number of nitrogens with zero attached hydrogens (tertiary/aromatic N) is 1. The summed E-state index contributed by atoms with van der Waals surface area (Å²) in [6, 6.07) is 0. The Hall–Kier alpha value is 1.20. The summed E-state index contributed by atoms with van der Waals surface area (Å²) in [6.45, 7) is 0.569. The van der Waals surface area contributed by atoms with Crippen molar-refractivity contribution in [2.45, 2.75) is 30.3 Å². The fraction of sp³-hybridized carbons (Fsp3) is 0.895. The van der Waals surface area contributed by atoms with E-state index in [-0.39, 0.29) is 35.9 Å². The lowest BCUT2D eigenvalue weighted by Crippen LogP contribution is -2.37. The first-order chi connectivity index (χ1) is 14.2. The third-order valence-corrected chi connectivity index (χ3v) is 11.4. The average Bonchev–Trinajstić information content (AvgIpc) is 3.36. The van der Waals surface area contributed by atoms with Crippen LogP contribution in [0.15, 0.2) is 0 Å². The molecule has 0 aliphatic carbocycles. The number of rotatable bonds is 15. The van der Waals surface area contributed by atoms with E-state index in [9.17, 15) is 9.59 Å². The van der Waals surface area contributed by atoms with Crippen LogP contribution in [0.2, 0.25) is 0 Å². The first kappa shape index (κ1) is 24.8. The lowest BCUT2D eigenvalue weighted by molar-refractivity contribution is -0.142. The number of likely N-dealkylation sites (tertiary alicyclic amines) is 1. The van der Waals surface area contributed by atoms with Crippen molar-refractivity contribution in [3.05, 3.63) is 0 Å². The van der Waals surface area contributed by atoms with Gasteiger partial charge in [0.2, 0.25) is 11.8 Å². The van der Waals surface area contributed by atoms with Crippen LogP contribution in [-0.4, -0.2) is 92.5 Å². The van der Waals surface area contributed by atoms with Crippen molar-refractivity contribution in [2.24, 2.45) is 11.8 Å². The summed E-state index contributed by atoms with van der Waals surface area (Å²) in [5.41, 5.74) is 0. The van der Waals surface area contributed by atoms with Gasteiger partial charge in [-0.25, -0.2) is 0 Å². The van der Waals surface area contributed by atoms with Crippen LogP contribution < -0.4 is 0 Å². The van der Waals surface area contributed by atoms with Crippen LogP contribution in [-0.2, 0) is 14.3 Å². The molecular formula is C19H31NO3S6. The van der Waals surface area contributed by atoms with E-state index in [0.29, 0.717) is 11.8 Å². The van der Waals surface area contributed by atoms with Crippen LogP contribution in [0.4, 0.5) is 0 Å². The van der Waals surface area contributed by atoms with E-state index in [0.717, 1.165) is 64.6 Å². The van der Waals surface area contributed by atoms with Crippen LogP contribution in [0.1, 0.15) is 12.8 Å². The molecule has 4 nitrogen and oxygen atoms in total. The maximum atomic E-state index is 13.0. The Morgan fingerprint density at radius 1 is 0.862 bits per heavy atom. The highest BCUT2D eigenvalue weighted by Gasteiger charge is 2.65. The molecule has 0 N–H and O–H groups in total. The highest BCUT2D eigenvalue weighted by molar-refractivity contribution is 8.03. The van der Waals surface area contributed by atoms with Gasteiger partial charge in [0.15, 0.2) is 0 Å². The number of thioether (sulfide) groups is 4. The summed E-state index contributed by atoms with van der Waals surface area (Å²) in [7, 11) is 0. The number of fused-ring (bicyclic) bond motifs is 5. The molecule has 0 aromatic rings. The summed E-state index contributed by atoms with van der Waals surface area (Å²) < 4.78 is 6.09. The van der Waals surface area contributed by atoms with E-state index in [4.69, 9.17) is 4.74 Å². The normalized spacial score (nSPS) is 30.6. The van der Waals surface area contributed by atoms with Gasteiger partial charge in [-0.1, -0.05) is 0 Å². The van der Waals surface area contributed by atoms with Gasteiger partial charge in [0.25, 0.3) is 0 Å². The predicted octanol–water partition coefficient (Wildman–Crippen LogP) is 3.31. The maximum absolute atomic E-state index is 13.0. The number of carbonyl (C=O) groups is 2. The molecule has 5 unspecified atom stereocenters. The van der Waals surface area contributed by atoms with Crippen LogP contribution in [0, 0.1) is 11.8 Å². The molecule has 0 aromatic heterocycles. The Balaban J connectivity index is 1.39. The molecule has 0 aromatic carbocycles. The Kier molecular flexibility index (Phi) is 11.2. The van der Waals surface area contributed by atoms with Gasteiger partial charge in [0, 0.05) is 46.3 Å². The van der Waals surface area contributed by atoms with Crippen molar-refractivity contribution >= 4 is 84.1 Å². The predicted molar refractivity (Wildman–Crippen MR) is 138 cm³/mol. The van der Waals surface area contributed by atoms with E-state index in [2.05, 4.69) is 25.3 Å². The van der Waals surface area contributed by atoms with Crippen LogP contribution in [0.3, 0.4) is 0 Å². The quantitative estimate of drug-likeness (QED) is 0.198. The monoisotopic (exact) mass is 513 g/mol. The number of thiol groups is 2. The topological polar surface area (TPSA) is 46.6 Å². The lowest BCUT2D eigenvalue weighted by Gasteiger charge is -2.24. The zero-order valence-electron chi connectivity index (χ0n) is 16.6. The molecule has 10 heteroatoms. The third-order valence-electron chi connectivity index (χ3n) is 5.48. The van der Waals surface area contributed by atoms with Gasteiger partial charge in [0.05, 0.1) is 24.0 Å². The first-order valence-corrected chi connectivity index (χ1v) is 16.0. The standard InChI is InChI=1S/C19H31NO3S6/c21-18-15-13-12-14(29-11-10-28-7-4-25)17(23-13)16(15)19(22)20(18)2-1-5-26-8-9-27-6-3-24/h13-17,24-25H,1-12H2. The van der Waals surface area contributed by atoms with E-state index in [1.807, 2.05) is 47.0 Å². The maximum Gasteiger partial charge on any atom is 0.235 e. The molecule has 3 rings (SSSR count). The Labute approximate surface area is 202 Å². The minimum absolute atomic E-state index is 0.0228. The molecule has 2 amide bonds. The van der Waals surface area contributed by atoms with Gasteiger partial charge in [0.1, 0.15) is 0 Å². The molecule has 3 saturated heterocycles. The molecule has 29 heavy (non-hydrogen) atoms. The van der Waals surface area contributed by atoms with Gasteiger partial charge in [-0.05, 0) is 30.1 Å². The number of imide groups is 1. The molecule has 0 radical (unpaired) electrons. The molecular weight excluding hydrogens is 483 g/mol. The summed E-state index contributed by atoms with van der Waals surface area (Å²) in [5.74, 6) is 9.07. The summed E-state index contributed by atoms with van der Waals surface area (Å²) in [4.78, 5) is 27.4. The lowest BCUT2D eigenvalue weighted by atomic mass is 9.81. The highest BCUT2D eigenvalue weighted by Crippen LogP contribution is 2.51.